The molecule has 0 spiro atoms. The molecule has 9 nitrogen and oxygen atoms in total. The largest absolute Gasteiger partial charge is 0.508 e. The molecule has 0 unspecified atom stereocenters. The van der Waals surface area contributed by atoms with E-state index in [1.165, 1.54) is 24.3 Å². The van der Waals surface area contributed by atoms with Crippen LogP contribution in [0.15, 0.2) is 54.6 Å². The molecular weight excluding hydrogens is 558 g/mol. The Morgan fingerprint density at radius 1 is 0.523 bits per heavy atom. The summed E-state index contributed by atoms with van der Waals surface area (Å²) in [5.41, 5.74) is 1.27. The van der Waals surface area contributed by atoms with E-state index < -0.39 is 0 Å². The first-order chi connectivity index (χ1) is 21.4. The summed E-state index contributed by atoms with van der Waals surface area (Å²) in [4.78, 5) is 14.0. The van der Waals surface area contributed by atoms with Crippen molar-refractivity contribution in [1.82, 2.24) is 15.0 Å². The summed E-state index contributed by atoms with van der Waals surface area (Å²) < 4.78 is 17.5. The second kappa shape index (κ2) is 17.6. The number of aromatic hydroxyl groups is 3. The molecule has 0 aliphatic carbocycles. The van der Waals surface area contributed by atoms with Crippen LogP contribution in [0, 0.1) is 0 Å². The first-order valence-electron chi connectivity index (χ1n) is 15.6. The fourth-order valence-electron chi connectivity index (χ4n) is 4.13. The standard InChI is InChI=1S/C33H39N3O6.C2H6/c1-4-7-16-40-23-11-14-25(28(38)20-23)31-34-32(26-15-12-24(21-29(26)39)41-17-8-5-2)36-33(35-31)27-13-10-22(37)19-30(27)42-18-9-6-3;1-2/h10-15,19-21,37-39H,4-9,16-18H2,1-3H3;1-2H3. The summed E-state index contributed by atoms with van der Waals surface area (Å²) in [7, 11) is 0. The molecule has 236 valence electrons. The lowest BCUT2D eigenvalue weighted by Gasteiger charge is -2.14. The number of hydrogen-bond acceptors (Lipinski definition) is 9. The van der Waals surface area contributed by atoms with Crippen LogP contribution in [0.4, 0.5) is 0 Å². The molecule has 3 N–H and O–H groups in total. The van der Waals surface area contributed by atoms with Crippen molar-refractivity contribution in [2.75, 3.05) is 19.8 Å². The van der Waals surface area contributed by atoms with Crippen molar-refractivity contribution in [2.45, 2.75) is 73.1 Å². The van der Waals surface area contributed by atoms with Gasteiger partial charge in [-0.15, -0.1) is 0 Å². The Morgan fingerprint density at radius 2 is 0.932 bits per heavy atom. The molecule has 0 bridgehead atoms. The van der Waals surface area contributed by atoms with Gasteiger partial charge in [-0.05, 0) is 55.7 Å². The Bertz CT molecular complexity index is 1400. The molecular formula is C35H45N3O6. The molecule has 44 heavy (non-hydrogen) atoms. The monoisotopic (exact) mass is 603 g/mol. The first-order valence-corrected chi connectivity index (χ1v) is 15.6. The molecule has 0 amide bonds. The maximum Gasteiger partial charge on any atom is 0.167 e. The Labute approximate surface area is 260 Å². The summed E-state index contributed by atoms with van der Waals surface area (Å²) in [6.07, 6.45) is 5.60. The van der Waals surface area contributed by atoms with Crippen LogP contribution in [0.2, 0.25) is 0 Å². The molecule has 0 saturated heterocycles. The zero-order valence-corrected chi connectivity index (χ0v) is 26.5. The minimum Gasteiger partial charge on any atom is -0.508 e. The van der Waals surface area contributed by atoms with E-state index in [9.17, 15) is 15.3 Å². The Hall–Kier alpha value is -4.53. The normalized spacial score (nSPS) is 10.6. The highest BCUT2D eigenvalue weighted by atomic mass is 16.5. The van der Waals surface area contributed by atoms with Gasteiger partial charge in [-0.2, -0.15) is 0 Å². The average molecular weight is 604 g/mol. The van der Waals surface area contributed by atoms with Crippen LogP contribution >= 0.6 is 0 Å². The summed E-state index contributed by atoms with van der Waals surface area (Å²) in [6, 6.07) is 14.7. The van der Waals surface area contributed by atoms with Gasteiger partial charge >= 0.3 is 0 Å². The van der Waals surface area contributed by atoms with Crippen LogP contribution in [0.5, 0.6) is 34.5 Å². The van der Waals surface area contributed by atoms with Crippen molar-refractivity contribution < 1.29 is 29.5 Å². The molecule has 1 heterocycles. The molecule has 1 aromatic heterocycles. The predicted octanol–water partition coefficient (Wildman–Crippen LogP) is 8.55. The Balaban J connectivity index is 0.00000259. The van der Waals surface area contributed by atoms with Gasteiger partial charge in [0.25, 0.3) is 0 Å². The molecule has 4 aromatic rings. The topological polar surface area (TPSA) is 127 Å². The zero-order chi connectivity index (χ0) is 31.9. The van der Waals surface area contributed by atoms with Gasteiger partial charge < -0.3 is 29.5 Å². The highest BCUT2D eigenvalue weighted by Crippen LogP contribution is 2.38. The number of nitrogens with zero attached hydrogens (tertiary/aromatic N) is 3. The lowest BCUT2D eigenvalue weighted by molar-refractivity contribution is 0.307. The van der Waals surface area contributed by atoms with Crippen LogP contribution in [-0.2, 0) is 0 Å². The van der Waals surface area contributed by atoms with E-state index >= 15 is 0 Å². The molecule has 9 heteroatoms. The zero-order valence-electron chi connectivity index (χ0n) is 26.5. The highest BCUT2D eigenvalue weighted by molar-refractivity contribution is 5.74. The van der Waals surface area contributed by atoms with E-state index in [-0.39, 0.29) is 34.7 Å². The molecule has 0 fully saturated rings. The quantitative estimate of drug-likeness (QED) is 0.115. The predicted molar refractivity (Wildman–Crippen MR) is 174 cm³/mol. The first kappa shape index (κ1) is 34.0. The van der Waals surface area contributed by atoms with Gasteiger partial charge in [0.05, 0.1) is 36.5 Å². The highest BCUT2D eigenvalue weighted by Gasteiger charge is 2.20. The molecule has 0 aliphatic rings. The van der Waals surface area contributed by atoms with Gasteiger partial charge in [0.15, 0.2) is 17.5 Å². The number of hydrogen-bond donors (Lipinski definition) is 3. The summed E-state index contributed by atoms with van der Waals surface area (Å²) >= 11 is 0. The second-order valence-electron chi connectivity index (χ2n) is 9.95. The lowest BCUT2D eigenvalue weighted by Crippen LogP contribution is -2.03. The van der Waals surface area contributed by atoms with Crippen LogP contribution in [0.25, 0.3) is 34.2 Å². The molecule has 0 atom stereocenters. The minimum absolute atomic E-state index is 0.0485. The Kier molecular flexibility index (Phi) is 13.6. The number of benzene rings is 3. The van der Waals surface area contributed by atoms with Crippen LogP contribution < -0.4 is 14.2 Å². The summed E-state index contributed by atoms with van der Waals surface area (Å²) in [5, 5.41) is 32.1. The summed E-state index contributed by atoms with van der Waals surface area (Å²) in [6.45, 7) is 11.8. The maximum absolute atomic E-state index is 10.9. The minimum atomic E-state index is -0.0545. The van der Waals surface area contributed by atoms with Gasteiger partial charge in [-0.1, -0.05) is 53.9 Å². The van der Waals surface area contributed by atoms with E-state index in [1.807, 2.05) is 13.8 Å². The molecule has 0 saturated carbocycles. The van der Waals surface area contributed by atoms with Gasteiger partial charge in [0, 0.05) is 18.2 Å². The van der Waals surface area contributed by atoms with Gasteiger partial charge in [0.2, 0.25) is 0 Å². The van der Waals surface area contributed by atoms with Crippen molar-refractivity contribution in [3.05, 3.63) is 54.6 Å². The molecule has 3 aromatic carbocycles. The van der Waals surface area contributed by atoms with E-state index in [2.05, 4.69) is 25.8 Å². The third kappa shape index (κ3) is 9.23. The number of phenols is 3. The van der Waals surface area contributed by atoms with Gasteiger partial charge in [0.1, 0.15) is 34.5 Å². The fraction of sp³-hybridized carbons (Fsp3) is 0.400. The second-order valence-corrected chi connectivity index (χ2v) is 9.95. The lowest BCUT2D eigenvalue weighted by atomic mass is 10.1. The number of ether oxygens (including phenoxy) is 3. The van der Waals surface area contributed by atoms with Gasteiger partial charge in [-0.3, -0.25) is 0 Å². The third-order valence-electron chi connectivity index (χ3n) is 6.55. The van der Waals surface area contributed by atoms with Gasteiger partial charge in [-0.25, -0.2) is 15.0 Å². The maximum atomic E-state index is 10.9. The summed E-state index contributed by atoms with van der Waals surface area (Å²) in [5.74, 6) is 2.09. The number of phenolic OH excluding ortho intramolecular Hbond substituents is 3. The third-order valence-corrected chi connectivity index (χ3v) is 6.55. The van der Waals surface area contributed by atoms with Crippen molar-refractivity contribution >= 4 is 0 Å². The van der Waals surface area contributed by atoms with Crippen molar-refractivity contribution in [3.8, 4) is 68.7 Å². The van der Waals surface area contributed by atoms with E-state index in [0.29, 0.717) is 53.8 Å². The molecule has 0 radical (unpaired) electrons. The van der Waals surface area contributed by atoms with Crippen molar-refractivity contribution in [2.24, 2.45) is 0 Å². The number of rotatable bonds is 15. The Morgan fingerprint density at radius 3 is 1.36 bits per heavy atom. The number of unbranched alkanes of at least 4 members (excludes halogenated alkanes) is 3. The molecule has 0 aliphatic heterocycles. The van der Waals surface area contributed by atoms with Crippen LogP contribution in [0.3, 0.4) is 0 Å². The van der Waals surface area contributed by atoms with Crippen LogP contribution in [0.1, 0.15) is 73.1 Å². The SMILES string of the molecule is CC.CCCCOc1ccc(-c2nc(-c3ccc(OCCCC)cc3O)nc(-c3ccc(O)cc3OCCCC)n2)c(O)c1. The van der Waals surface area contributed by atoms with Crippen LogP contribution in [-0.4, -0.2) is 50.1 Å². The van der Waals surface area contributed by atoms with Crippen molar-refractivity contribution in [3.63, 3.8) is 0 Å². The van der Waals surface area contributed by atoms with E-state index in [1.54, 1.807) is 30.3 Å². The van der Waals surface area contributed by atoms with E-state index in [4.69, 9.17) is 24.2 Å². The average Bonchev–Trinajstić information content (AvgIpc) is 3.02. The van der Waals surface area contributed by atoms with E-state index in [0.717, 1.165) is 38.5 Å². The van der Waals surface area contributed by atoms with Crippen molar-refractivity contribution in [1.29, 1.82) is 0 Å². The smallest absolute Gasteiger partial charge is 0.167 e. The molecule has 4 rings (SSSR count). The number of aromatic nitrogens is 3. The fourth-order valence-corrected chi connectivity index (χ4v) is 4.13.